The van der Waals surface area contributed by atoms with Crippen molar-refractivity contribution in [3.63, 3.8) is 0 Å². The molecule has 0 spiro atoms. The number of amides is 1. The highest BCUT2D eigenvalue weighted by atomic mass is 16.5. The minimum atomic E-state index is -0.197. The molecule has 8 nitrogen and oxygen atoms in total. The molecule has 0 aliphatic carbocycles. The molecular formula is C26H27N3O5. The van der Waals surface area contributed by atoms with Crippen molar-refractivity contribution in [2.45, 2.75) is 25.7 Å². The highest BCUT2D eigenvalue weighted by Gasteiger charge is 2.37. The number of aldehydes is 1. The van der Waals surface area contributed by atoms with E-state index in [-0.39, 0.29) is 17.4 Å². The third-order valence-corrected chi connectivity index (χ3v) is 6.67. The first-order chi connectivity index (χ1) is 16.5. The molecule has 2 N–H and O–H groups in total. The molecule has 1 fully saturated rings. The standard InChI is InChI=1S/C26H27N3O5/c1-34-19-8-5-17(6-9-19)25-20(16-30)24-22(29(25)21-10-7-18(31)15-23(21)32)11-14-28(26(24)33)27-12-3-2-4-13-27/h5-10,15-16,31-32H,2-4,11-14H2,1H3. The van der Waals surface area contributed by atoms with Gasteiger partial charge in [-0.3, -0.25) is 14.6 Å². The van der Waals surface area contributed by atoms with Gasteiger partial charge in [0.25, 0.3) is 5.91 Å². The van der Waals surface area contributed by atoms with E-state index in [0.717, 1.165) is 38.6 Å². The maximum atomic E-state index is 13.8. The zero-order valence-electron chi connectivity index (χ0n) is 19.0. The van der Waals surface area contributed by atoms with Gasteiger partial charge < -0.3 is 19.5 Å². The smallest absolute Gasteiger partial charge is 0.270 e. The molecular weight excluding hydrogens is 434 g/mol. The van der Waals surface area contributed by atoms with Crippen LogP contribution >= 0.6 is 0 Å². The van der Waals surface area contributed by atoms with Gasteiger partial charge in [0.2, 0.25) is 0 Å². The monoisotopic (exact) mass is 461 g/mol. The molecule has 1 amide bonds. The number of methoxy groups -OCH3 is 1. The zero-order chi connectivity index (χ0) is 23.8. The molecule has 0 saturated carbocycles. The van der Waals surface area contributed by atoms with Crippen molar-refractivity contribution >= 4 is 12.2 Å². The maximum absolute atomic E-state index is 13.8. The van der Waals surface area contributed by atoms with E-state index in [0.29, 0.717) is 52.5 Å². The fourth-order valence-corrected chi connectivity index (χ4v) is 5.06. The van der Waals surface area contributed by atoms with Crippen molar-refractivity contribution in [1.29, 1.82) is 0 Å². The summed E-state index contributed by atoms with van der Waals surface area (Å²) in [5.41, 5.74) is 2.96. The number of aromatic hydroxyl groups is 2. The van der Waals surface area contributed by atoms with Crippen molar-refractivity contribution in [1.82, 2.24) is 14.6 Å². The van der Waals surface area contributed by atoms with Gasteiger partial charge in [-0.05, 0) is 54.8 Å². The number of carbonyl (C=O) groups is 2. The summed E-state index contributed by atoms with van der Waals surface area (Å²) in [5, 5.41) is 24.4. The van der Waals surface area contributed by atoms with E-state index >= 15 is 0 Å². The van der Waals surface area contributed by atoms with Crippen molar-refractivity contribution < 1.29 is 24.5 Å². The van der Waals surface area contributed by atoms with Crippen LogP contribution < -0.4 is 4.74 Å². The van der Waals surface area contributed by atoms with Gasteiger partial charge in [-0.2, -0.15) is 0 Å². The summed E-state index contributed by atoms with van der Waals surface area (Å²) in [6.07, 6.45) is 4.48. The van der Waals surface area contributed by atoms with E-state index in [9.17, 15) is 19.8 Å². The van der Waals surface area contributed by atoms with E-state index in [4.69, 9.17) is 4.74 Å². The second-order valence-electron chi connectivity index (χ2n) is 8.63. The van der Waals surface area contributed by atoms with E-state index in [1.165, 1.54) is 12.1 Å². The number of benzene rings is 2. The highest BCUT2D eigenvalue weighted by molar-refractivity contribution is 6.07. The van der Waals surface area contributed by atoms with Gasteiger partial charge in [-0.1, -0.05) is 6.42 Å². The van der Waals surface area contributed by atoms with Crippen LogP contribution in [0, 0.1) is 0 Å². The molecule has 0 bridgehead atoms. The lowest BCUT2D eigenvalue weighted by Gasteiger charge is -2.39. The molecule has 8 heteroatoms. The molecule has 0 atom stereocenters. The topological polar surface area (TPSA) is 95.2 Å². The molecule has 34 heavy (non-hydrogen) atoms. The van der Waals surface area contributed by atoms with Crippen molar-refractivity contribution in [2.75, 3.05) is 26.7 Å². The van der Waals surface area contributed by atoms with Crippen LogP contribution in [0.25, 0.3) is 16.9 Å². The normalized spacial score (nSPS) is 16.4. The molecule has 5 rings (SSSR count). The van der Waals surface area contributed by atoms with Crippen molar-refractivity contribution in [2.24, 2.45) is 0 Å². The first-order valence-electron chi connectivity index (χ1n) is 11.5. The van der Waals surface area contributed by atoms with Gasteiger partial charge in [0.15, 0.2) is 6.29 Å². The Morgan fingerprint density at radius 2 is 1.71 bits per heavy atom. The van der Waals surface area contributed by atoms with Crippen LogP contribution in [0.15, 0.2) is 42.5 Å². The lowest BCUT2D eigenvalue weighted by Crippen LogP contribution is -2.51. The first kappa shape index (κ1) is 22.0. The first-order valence-corrected chi connectivity index (χ1v) is 11.5. The molecule has 0 radical (unpaired) electrons. The summed E-state index contributed by atoms with van der Waals surface area (Å²) in [5.74, 6) is 0.253. The van der Waals surface area contributed by atoms with Gasteiger partial charge in [-0.25, -0.2) is 5.01 Å². The molecule has 176 valence electrons. The maximum Gasteiger partial charge on any atom is 0.270 e. The number of ether oxygens (including phenoxy) is 1. The third kappa shape index (κ3) is 3.60. The van der Waals surface area contributed by atoms with Gasteiger partial charge in [0, 0.05) is 37.8 Å². The second kappa shape index (κ2) is 8.87. The summed E-state index contributed by atoms with van der Waals surface area (Å²) >= 11 is 0. The van der Waals surface area contributed by atoms with Gasteiger partial charge in [0.05, 0.1) is 29.6 Å². The Hall–Kier alpha value is -3.78. The van der Waals surface area contributed by atoms with E-state index < -0.39 is 0 Å². The number of hydrogen-bond acceptors (Lipinski definition) is 6. The molecule has 2 aromatic carbocycles. The SMILES string of the molecule is COc1ccc(-c2c(C=O)c3c(n2-c2ccc(O)cc2O)CCN(N2CCCCC2)C3=O)cc1. The zero-order valence-corrected chi connectivity index (χ0v) is 19.0. The Labute approximate surface area is 197 Å². The molecule has 3 heterocycles. The quantitative estimate of drug-likeness (QED) is 0.562. The number of nitrogens with zero attached hydrogens (tertiary/aromatic N) is 3. The van der Waals surface area contributed by atoms with Crippen LogP contribution in [-0.4, -0.2) is 63.7 Å². The summed E-state index contributed by atoms with van der Waals surface area (Å²) in [4.78, 5) is 26.2. The number of rotatable bonds is 5. The number of carbonyl (C=O) groups excluding carboxylic acids is 2. The van der Waals surface area contributed by atoms with Crippen LogP contribution in [0.5, 0.6) is 17.2 Å². The van der Waals surface area contributed by atoms with Crippen LogP contribution in [0.1, 0.15) is 45.7 Å². The molecule has 1 saturated heterocycles. The fourth-order valence-electron chi connectivity index (χ4n) is 5.06. The Bertz CT molecular complexity index is 1240. The Morgan fingerprint density at radius 1 is 0.971 bits per heavy atom. The minimum absolute atomic E-state index is 0.0729. The number of aromatic nitrogens is 1. The molecule has 2 aliphatic heterocycles. The number of hydrogen-bond donors (Lipinski definition) is 2. The predicted molar refractivity (Wildman–Crippen MR) is 127 cm³/mol. The average Bonchev–Trinajstić information content (AvgIpc) is 3.20. The number of hydrazine groups is 1. The predicted octanol–water partition coefficient (Wildman–Crippen LogP) is 3.78. The molecule has 3 aromatic rings. The number of phenols is 2. The largest absolute Gasteiger partial charge is 0.508 e. The Kier molecular flexibility index (Phi) is 5.75. The van der Waals surface area contributed by atoms with Gasteiger partial charge in [0.1, 0.15) is 17.2 Å². The number of piperidine rings is 1. The highest BCUT2D eigenvalue weighted by Crippen LogP contribution is 2.40. The molecule has 0 unspecified atom stereocenters. The number of fused-ring (bicyclic) bond motifs is 1. The molecule has 1 aromatic heterocycles. The number of phenolic OH excluding ortho intramolecular Hbond substituents is 2. The Balaban J connectivity index is 1.73. The second-order valence-corrected chi connectivity index (χ2v) is 8.63. The van der Waals surface area contributed by atoms with E-state index in [1.54, 1.807) is 34.9 Å². The summed E-state index contributed by atoms with van der Waals surface area (Å²) in [6, 6.07) is 11.6. The average molecular weight is 462 g/mol. The van der Waals surface area contributed by atoms with Crippen LogP contribution in [0.2, 0.25) is 0 Å². The van der Waals surface area contributed by atoms with E-state index in [1.807, 2.05) is 12.1 Å². The fraction of sp³-hybridized carbons (Fsp3) is 0.308. The lowest BCUT2D eigenvalue weighted by molar-refractivity contribution is -0.0237. The minimum Gasteiger partial charge on any atom is -0.508 e. The van der Waals surface area contributed by atoms with Crippen molar-refractivity contribution in [3.8, 4) is 34.2 Å². The van der Waals surface area contributed by atoms with Gasteiger partial charge in [-0.15, -0.1) is 0 Å². The van der Waals surface area contributed by atoms with Gasteiger partial charge >= 0.3 is 0 Å². The Morgan fingerprint density at radius 3 is 2.35 bits per heavy atom. The van der Waals surface area contributed by atoms with Crippen LogP contribution in [0.3, 0.4) is 0 Å². The summed E-state index contributed by atoms with van der Waals surface area (Å²) in [6.45, 7) is 2.14. The van der Waals surface area contributed by atoms with E-state index in [2.05, 4.69) is 5.01 Å². The third-order valence-electron chi connectivity index (χ3n) is 6.67. The van der Waals surface area contributed by atoms with Crippen molar-refractivity contribution in [3.05, 3.63) is 59.3 Å². The summed E-state index contributed by atoms with van der Waals surface area (Å²) < 4.78 is 7.06. The lowest BCUT2D eigenvalue weighted by atomic mass is 10.0. The summed E-state index contributed by atoms with van der Waals surface area (Å²) in [7, 11) is 1.58. The van der Waals surface area contributed by atoms with Crippen LogP contribution in [0.4, 0.5) is 0 Å². The van der Waals surface area contributed by atoms with Crippen LogP contribution in [-0.2, 0) is 6.42 Å². The molecule has 2 aliphatic rings.